The molecule has 0 spiro atoms. The molecule has 1 fully saturated rings. The van der Waals surface area contributed by atoms with Gasteiger partial charge in [0.1, 0.15) is 11.6 Å². The summed E-state index contributed by atoms with van der Waals surface area (Å²) >= 11 is 0. The molecular formula is C31H42F2. The molecule has 0 heterocycles. The van der Waals surface area contributed by atoms with Gasteiger partial charge in [0, 0.05) is 5.56 Å². The molecule has 0 saturated heterocycles. The lowest BCUT2D eigenvalue weighted by molar-refractivity contribution is 0.302. The third-order valence-electron chi connectivity index (χ3n) is 8.36. The van der Waals surface area contributed by atoms with Gasteiger partial charge in [0.25, 0.3) is 0 Å². The van der Waals surface area contributed by atoms with Gasteiger partial charge in [0.2, 0.25) is 0 Å². The van der Waals surface area contributed by atoms with Gasteiger partial charge in [-0.3, -0.25) is 0 Å². The molecule has 0 radical (unpaired) electrons. The van der Waals surface area contributed by atoms with Gasteiger partial charge in [-0.1, -0.05) is 64.2 Å². The van der Waals surface area contributed by atoms with Crippen molar-refractivity contribution in [3.8, 4) is 0 Å². The number of benzene rings is 2. The Labute approximate surface area is 200 Å². The van der Waals surface area contributed by atoms with Gasteiger partial charge in [-0.05, 0) is 110 Å². The van der Waals surface area contributed by atoms with Crippen molar-refractivity contribution in [2.24, 2.45) is 5.92 Å². The van der Waals surface area contributed by atoms with Crippen LogP contribution >= 0.6 is 0 Å². The largest absolute Gasteiger partial charge is 0.207 e. The number of hydrogen-bond acceptors (Lipinski definition) is 0. The average Bonchev–Trinajstić information content (AvgIpc) is 2.83. The van der Waals surface area contributed by atoms with Crippen LogP contribution in [0.4, 0.5) is 8.78 Å². The minimum atomic E-state index is -0.317. The quantitative estimate of drug-likeness (QED) is 0.332. The summed E-state index contributed by atoms with van der Waals surface area (Å²) in [5, 5.41) is 0. The zero-order valence-corrected chi connectivity index (χ0v) is 20.8. The van der Waals surface area contributed by atoms with Gasteiger partial charge >= 0.3 is 0 Å². The van der Waals surface area contributed by atoms with Crippen molar-refractivity contribution in [1.82, 2.24) is 0 Å². The maximum absolute atomic E-state index is 15.3. The van der Waals surface area contributed by atoms with Gasteiger partial charge in [-0.15, -0.1) is 0 Å². The van der Waals surface area contributed by atoms with E-state index in [0.717, 1.165) is 50.0 Å². The molecule has 180 valence electrons. The fraction of sp³-hybridized carbons (Fsp3) is 0.613. The molecule has 0 N–H and O–H groups in total. The van der Waals surface area contributed by atoms with E-state index in [1.54, 1.807) is 12.1 Å². The predicted octanol–water partition coefficient (Wildman–Crippen LogP) is 9.43. The second-order valence-electron chi connectivity index (χ2n) is 10.8. The summed E-state index contributed by atoms with van der Waals surface area (Å²) in [5.74, 6) is 0.444. The second-order valence-corrected chi connectivity index (χ2v) is 10.8. The fourth-order valence-corrected chi connectivity index (χ4v) is 6.29. The molecule has 0 amide bonds. The van der Waals surface area contributed by atoms with Gasteiger partial charge in [0.15, 0.2) is 0 Å². The molecule has 2 aromatic rings. The molecule has 0 bridgehead atoms. The first-order valence-corrected chi connectivity index (χ1v) is 13.7. The molecule has 0 aliphatic heterocycles. The van der Waals surface area contributed by atoms with E-state index in [9.17, 15) is 0 Å². The summed E-state index contributed by atoms with van der Waals surface area (Å²) in [7, 11) is 0. The smallest absolute Gasteiger partial charge is 0.129 e. The second kappa shape index (κ2) is 11.6. The van der Waals surface area contributed by atoms with E-state index < -0.39 is 0 Å². The minimum Gasteiger partial charge on any atom is -0.207 e. The molecule has 2 aliphatic rings. The maximum Gasteiger partial charge on any atom is 0.129 e. The lowest BCUT2D eigenvalue weighted by Gasteiger charge is -2.30. The van der Waals surface area contributed by atoms with Crippen LogP contribution in [0.1, 0.15) is 124 Å². The molecule has 1 atom stereocenters. The van der Waals surface area contributed by atoms with Crippen molar-refractivity contribution in [2.75, 3.05) is 0 Å². The Balaban J connectivity index is 1.41. The molecule has 1 saturated carbocycles. The predicted molar refractivity (Wildman–Crippen MR) is 135 cm³/mol. The van der Waals surface area contributed by atoms with E-state index in [-0.39, 0.29) is 17.6 Å². The number of hydrogen-bond donors (Lipinski definition) is 0. The highest BCUT2D eigenvalue weighted by molar-refractivity contribution is 5.39. The van der Waals surface area contributed by atoms with Crippen molar-refractivity contribution < 1.29 is 8.78 Å². The molecule has 2 aliphatic carbocycles. The summed E-state index contributed by atoms with van der Waals surface area (Å²) in [4.78, 5) is 0. The third kappa shape index (κ3) is 6.06. The molecule has 0 nitrogen and oxygen atoms in total. The SMILES string of the molecule is CCCCCC1CCC(c2cc(F)c(C3CCc4cc(CCCC)ccc4C3)c(F)c2)CC1. The molecule has 0 aromatic heterocycles. The Hall–Kier alpha value is -1.70. The minimum absolute atomic E-state index is 0.0534. The Morgan fingerprint density at radius 3 is 2.18 bits per heavy atom. The van der Waals surface area contributed by atoms with Crippen LogP contribution in [0.25, 0.3) is 0 Å². The van der Waals surface area contributed by atoms with Crippen molar-refractivity contribution in [2.45, 2.75) is 116 Å². The Kier molecular flexibility index (Phi) is 8.61. The van der Waals surface area contributed by atoms with Crippen LogP contribution in [0.5, 0.6) is 0 Å². The van der Waals surface area contributed by atoms with Crippen LogP contribution in [0.2, 0.25) is 0 Å². The van der Waals surface area contributed by atoms with Crippen molar-refractivity contribution in [1.29, 1.82) is 0 Å². The van der Waals surface area contributed by atoms with E-state index in [1.807, 2.05) is 0 Å². The van der Waals surface area contributed by atoms with E-state index in [4.69, 9.17) is 0 Å². The summed E-state index contributed by atoms with van der Waals surface area (Å²) in [6, 6.07) is 10.1. The zero-order valence-electron chi connectivity index (χ0n) is 20.8. The van der Waals surface area contributed by atoms with Gasteiger partial charge in [-0.2, -0.15) is 0 Å². The zero-order chi connectivity index (χ0) is 23.2. The summed E-state index contributed by atoms with van der Waals surface area (Å²) in [6.45, 7) is 4.47. The van der Waals surface area contributed by atoms with Gasteiger partial charge in [-0.25, -0.2) is 8.78 Å². The maximum atomic E-state index is 15.3. The molecular weight excluding hydrogens is 410 g/mol. The first-order valence-electron chi connectivity index (χ1n) is 13.7. The first kappa shape index (κ1) is 24.4. The monoisotopic (exact) mass is 452 g/mol. The van der Waals surface area contributed by atoms with E-state index >= 15 is 8.78 Å². The summed E-state index contributed by atoms with van der Waals surface area (Å²) in [6.07, 6.45) is 15.9. The van der Waals surface area contributed by atoms with Crippen molar-refractivity contribution in [3.05, 3.63) is 69.8 Å². The Morgan fingerprint density at radius 1 is 0.758 bits per heavy atom. The van der Waals surface area contributed by atoms with E-state index in [0.29, 0.717) is 11.5 Å². The first-order chi connectivity index (χ1) is 16.1. The van der Waals surface area contributed by atoms with E-state index in [1.165, 1.54) is 68.1 Å². The molecule has 33 heavy (non-hydrogen) atoms. The third-order valence-corrected chi connectivity index (χ3v) is 8.36. The van der Waals surface area contributed by atoms with Crippen LogP contribution < -0.4 is 0 Å². The van der Waals surface area contributed by atoms with Crippen molar-refractivity contribution >= 4 is 0 Å². The topological polar surface area (TPSA) is 0 Å². The van der Waals surface area contributed by atoms with Crippen LogP contribution in [0, 0.1) is 17.6 Å². The van der Waals surface area contributed by atoms with Gasteiger partial charge in [0.05, 0.1) is 0 Å². The average molecular weight is 453 g/mol. The molecule has 2 aromatic carbocycles. The fourth-order valence-electron chi connectivity index (χ4n) is 6.29. The number of halogens is 2. The highest BCUT2D eigenvalue weighted by Gasteiger charge is 2.28. The molecule has 1 unspecified atom stereocenters. The number of unbranched alkanes of at least 4 members (excludes halogenated alkanes) is 3. The number of aryl methyl sites for hydroxylation is 2. The van der Waals surface area contributed by atoms with Crippen LogP contribution in [-0.4, -0.2) is 0 Å². The summed E-state index contributed by atoms with van der Waals surface area (Å²) < 4.78 is 30.5. The summed E-state index contributed by atoms with van der Waals surface area (Å²) in [5.41, 5.74) is 5.27. The van der Waals surface area contributed by atoms with Crippen LogP contribution in [0.15, 0.2) is 30.3 Å². The standard InChI is InChI=1S/C31H42F2/c1-3-5-7-9-22-10-13-24(14-11-22)28-20-29(32)31(30(33)21-28)27-17-16-25-18-23(8-6-4-2)12-15-26(25)19-27/h12,15,18,20-22,24,27H,3-11,13-14,16-17,19H2,1-2H3. The highest BCUT2D eigenvalue weighted by atomic mass is 19.1. The highest BCUT2D eigenvalue weighted by Crippen LogP contribution is 2.41. The van der Waals surface area contributed by atoms with Crippen LogP contribution in [-0.2, 0) is 19.3 Å². The number of rotatable bonds is 9. The van der Waals surface area contributed by atoms with Gasteiger partial charge < -0.3 is 0 Å². The molecule has 4 rings (SSSR count). The van der Waals surface area contributed by atoms with Crippen molar-refractivity contribution in [3.63, 3.8) is 0 Å². The number of fused-ring (bicyclic) bond motifs is 1. The normalized spacial score (nSPS) is 22.8. The van der Waals surface area contributed by atoms with E-state index in [2.05, 4.69) is 32.0 Å². The lowest BCUT2D eigenvalue weighted by Crippen LogP contribution is -2.17. The van der Waals surface area contributed by atoms with Crippen LogP contribution in [0.3, 0.4) is 0 Å². The Morgan fingerprint density at radius 2 is 1.48 bits per heavy atom. The lowest BCUT2D eigenvalue weighted by atomic mass is 9.75. The molecule has 2 heteroatoms. The Bertz CT molecular complexity index is 884.